The number of thiazole rings is 1. The minimum atomic E-state index is -0.336. The van der Waals surface area contributed by atoms with Gasteiger partial charge in [0.05, 0.1) is 13.1 Å². The zero-order valence-electron chi connectivity index (χ0n) is 14.8. The fourth-order valence-corrected chi connectivity index (χ4v) is 3.45. The lowest BCUT2D eigenvalue weighted by Gasteiger charge is -2.05. The van der Waals surface area contributed by atoms with E-state index >= 15 is 0 Å². The van der Waals surface area contributed by atoms with E-state index in [2.05, 4.69) is 15.1 Å². The smallest absolute Gasteiger partial charge is 0.279 e. The Hall–Kier alpha value is -3.39. The number of hydrogen-bond acceptors (Lipinski definition) is 4. The van der Waals surface area contributed by atoms with Crippen molar-refractivity contribution in [2.75, 3.05) is 0 Å². The normalized spacial score (nSPS) is 11.7. The van der Waals surface area contributed by atoms with Crippen LogP contribution in [0, 0.1) is 5.82 Å². The van der Waals surface area contributed by atoms with Gasteiger partial charge in [0.25, 0.3) is 5.91 Å². The molecule has 0 saturated carbocycles. The van der Waals surface area contributed by atoms with Crippen molar-refractivity contribution in [1.29, 1.82) is 0 Å². The average molecular weight is 393 g/mol. The summed E-state index contributed by atoms with van der Waals surface area (Å²) < 4.78 is 17.4. The fourth-order valence-electron chi connectivity index (χ4n) is 2.72. The highest BCUT2D eigenvalue weighted by Gasteiger charge is 2.07. The van der Waals surface area contributed by atoms with Gasteiger partial charge in [0.2, 0.25) is 0 Å². The number of rotatable bonds is 5. The van der Waals surface area contributed by atoms with E-state index in [1.165, 1.54) is 23.7 Å². The Labute approximate surface area is 164 Å². The van der Waals surface area contributed by atoms with E-state index in [-0.39, 0.29) is 11.7 Å². The average Bonchev–Trinajstić information content (AvgIpc) is 3.37. The quantitative estimate of drug-likeness (QED) is 0.523. The van der Waals surface area contributed by atoms with Gasteiger partial charge in [-0.05, 0) is 23.8 Å². The zero-order chi connectivity index (χ0) is 19.3. The van der Waals surface area contributed by atoms with Gasteiger partial charge in [0.1, 0.15) is 18.5 Å². The van der Waals surface area contributed by atoms with Gasteiger partial charge in [0.15, 0.2) is 4.80 Å². The lowest BCUT2D eigenvalue weighted by atomic mass is 10.1. The third-order valence-electron chi connectivity index (χ3n) is 4.17. The second-order valence-corrected chi connectivity index (χ2v) is 6.98. The van der Waals surface area contributed by atoms with Crippen LogP contribution in [0.1, 0.15) is 21.5 Å². The molecule has 28 heavy (non-hydrogen) atoms. The molecule has 0 N–H and O–H groups in total. The highest BCUT2D eigenvalue weighted by atomic mass is 32.1. The number of halogens is 1. The summed E-state index contributed by atoms with van der Waals surface area (Å²) in [6.07, 6.45) is 4.91. The molecule has 0 aliphatic heterocycles. The summed E-state index contributed by atoms with van der Waals surface area (Å²) in [5, 5.41) is 5.89. The van der Waals surface area contributed by atoms with E-state index in [0.717, 1.165) is 5.56 Å². The maximum atomic E-state index is 13.9. The molecule has 0 radical (unpaired) electrons. The van der Waals surface area contributed by atoms with Gasteiger partial charge in [-0.2, -0.15) is 10.1 Å². The van der Waals surface area contributed by atoms with Crippen molar-refractivity contribution in [3.8, 4) is 0 Å². The SMILES string of the molecule is O=C(N=c1sccn1Cc1ccccc1F)c1ccc(Cn2cncn2)cc1. The molecule has 140 valence electrons. The van der Waals surface area contributed by atoms with E-state index in [1.807, 2.05) is 17.5 Å². The molecule has 0 saturated heterocycles. The van der Waals surface area contributed by atoms with E-state index in [9.17, 15) is 9.18 Å². The summed E-state index contributed by atoms with van der Waals surface area (Å²) in [6, 6.07) is 13.8. The standard InChI is InChI=1S/C20H16FN5OS/c21-18-4-2-1-3-17(18)12-25-9-10-28-20(25)24-19(27)16-7-5-15(6-8-16)11-26-14-22-13-23-26/h1-10,13-14H,11-12H2. The molecule has 2 heterocycles. The van der Waals surface area contributed by atoms with Gasteiger partial charge in [-0.1, -0.05) is 30.3 Å². The first-order chi connectivity index (χ1) is 13.7. The van der Waals surface area contributed by atoms with Crippen LogP contribution in [-0.2, 0) is 13.1 Å². The number of benzene rings is 2. The van der Waals surface area contributed by atoms with Crippen LogP contribution in [0.4, 0.5) is 4.39 Å². The Morgan fingerprint density at radius 1 is 1.11 bits per heavy atom. The van der Waals surface area contributed by atoms with Gasteiger partial charge in [-0.25, -0.2) is 14.1 Å². The maximum Gasteiger partial charge on any atom is 0.279 e. The molecule has 0 aliphatic carbocycles. The van der Waals surface area contributed by atoms with Crippen molar-refractivity contribution >= 4 is 17.2 Å². The van der Waals surface area contributed by atoms with E-state index in [4.69, 9.17) is 0 Å². The fraction of sp³-hybridized carbons (Fsp3) is 0.100. The lowest BCUT2D eigenvalue weighted by molar-refractivity contribution is 0.0998. The molecule has 4 aromatic rings. The van der Waals surface area contributed by atoms with Crippen molar-refractivity contribution in [1.82, 2.24) is 19.3 Å². The van der Waals surface area contributed by atoms with Crippen LogP contribution in [-0.4, -0.2) is 25.2 Å². The van der Waals surface area contributed by atoms with Crippen LogP contribution in [0.2, 0.25) is 0 Å². The van der Waals surface area contributed by atoms with E-state index in [1.54, 1.807) is 52.1 Å². The molecule has 0 unspecified atom stereocenters. The molecule has 8 heteroatoms. The van der Waals surface area contributed by atoms with Crippen LogP contribution in [0.15, 0.2) is 77.8 Å². The van der Waals surface area contributed by atoms with Crippen LogP contribution in [0.3, 0.4) is 0 Å². The summed E-state index contributed by atoms with van der Waals surface area (Å²) >= 11 is 1.34. The molecule has 4 rings (SSSR count). The third-order valence-corrected chi connectivity index (χ3v) is 4.96. The number of aromatic nitrogens is 4. The van der Waals surface area contributed by atoms with Gasteiger partial charge < -0.3 is 4.57 Å². The summed E-state index contributed by atoms with van der Waals surface area (Å²) in [5.74, 6) is -0.613. The van der Waals surface area contributed by atoms with Gasteiger partial charge in [-0.3, -0.25) is 4.79 Å². The zero-order valence-corrected chi connectivity index (χ0v) is 15.6. The number of hydrogen-bond donors (Lipinski definition) is 0. The van der Waals surface area contributed by atoms with Crippen molar-refractivity contribution in [3.63, 3.8) is 0 Å². The maximum absolute atomic E-state index is 13.9. The topological polar surface area (TPSA) is 65.1 Å². The van der Waals surface area contributed by atoms with Crippen molar-refractivity contribution in [2.45, 2.75) is 13.1 Å². The molecular formula is C20H16FN5OS. The van der Waals surface area contributed by atoms with E-state index in [0.29, 0.717) is 29.0 Å². The van der Waals surface area contributed by atoms with Gasteiger partial charge in [0, 0.05) is 22.7 Å². The minimum absolute atomic E-state index is 0.276. The summed E-state index contributed by atoms with van der Waals surface area (Å²) in [5.41, 5.74) is 2.05. The number of amides is 1. The Bertz CT molecular complexity index is 1150. The van der Waals surface area contributed by atoms with E-state index < -0.39 is 0 Å². The molecule has 2 aromatic carbocycles. The first-order valence-corrected chi connectivity index (χ1v) is 9.45. The Kier molecular flexibility index (Phi) is 5.20. The largest absolute Gasteiger partial charge is 0.319 e. The van der Waals surface area contributed by atoms with Crippen molar-refractivity contribution < 1.29 is 9.18 Å². The third kappa shape index (κ3) is 4.12. The predicted molar refractivity (Wildman–Crippen MR) is 103 cm³/mol. The molecule has 0 atom stereocenters. The second-order valence-electron chi connectivity index (χ2n) is 6.11. The van der Waals surface area contributed by atoms with Crippen LogP contribution in [0.5, 0.6) is 0 Å². The van der Waals surface area contributed by atoms with Gasteiger partial charge >= 0.3 is 0 Å². The Balaban J connectivity index is 1.52. The van der Waals surface area contributed by atoms with Crippen molar-refractivity contribution in [3.05, 3.63) is 100 Å². The molecule has 0 bridgehead atoms. The molecule has 6 nitrogen and oxygen atoms in total. The highest BCUT2D eigenvalue weighted by Crippen LogP contribution is 2.09. The summed E-state index contributed by atoms with van der Waals surface area (Å²) in [4.78, 5) is 21.2. The van der Waals surface area contributed by atoms with Gasteiger partial charge in [-0.15, -0.1) is 11.3 Å². The Morgan fingerprint density at radius 3 is 2.68 bits per heavy atom. The first-order valence-electron chi connectivity index (χ1n) is 8.57. The predicted octanol–water partition coefficient (Wildman–Crippen LogP) is 3.12. The number of nitrogens with zero attached hydrogens (tertiary/aromatic N) is 5. The highest BCUT2D eigenvalue weighted by molar-refractivity contribution is 7.07. The minimum Gasteiger partial charge on any atom is -0.319 e. The molecular weight excluding hydrogens is 377 g/mol. The van der Waals surface area contributed by atoms with Crippen LogP contribution >= 0.6 is 11.3 Å². The lowest BCUT2D eigenvalue weighted by Crippen LogP contribution is -2.17. The molecule has 0 spiro atoms. The van der Waals surface area contributed by atoms with Crippen LogP contribution in [0.25, 0.3) is 0 Å². The summed E-state index contributed by atoms with van der Waals surface area (Å²) in [6.45, 7) is 0.901. The molecule has 0 fully saturated rings. The molecule has 0 aliphatic rings. The Morgan fingerprint density at radius 2 is 1.93 bits per heavy atom. The number of carbonyl (C=O) groups excluding carboxylic acids is 1. The molecule has 2 aromatic heterocycles. The molecule has 1 amide bonds. The number of carbonyl (C=O) groups is 1. The second kappa shape index (κ2) is 8.10. The summed E-state index contributed by atoms with van der Waals surface area (Å²) in [7, 11) is 0. The first kappa shape index (κ1) is 18.0. The van der Waals surface area contributed by atoms with Crippen LogP contribution < -0.4 is 4.80 Å². The monoisotopic (exact) mass is 393 g/mol. The van der Waals surface area contributed by atoms with Crippen molar-refractivity contribution in [2.24, 2.45) is 4.99 Å².